The zero-order valence-corrected chi connectivity index (χ0v) is 9.30. The van der Waals surface area contributed by atoms with Crippen LogP contribution in [0.5, 0.6) is 0 Å². The first-order valence-electron chi connectivity index (χ1n) is 4.57. The van der Waals surface area contributed by atoms with E-state index in [1.54, 1.807) is 12.1 Å². The predicted octanol–water partition coefficient (Wildman–Crippen LogP) is 1.95. The van der Waals surface area contributed by atoms with Crippen molar-refractivity contribution >= 4 is 28.6 Å². The van der Waals surface area contributed by atoms with E-state index in [-0.39, 0.29) is 5.56 Å². The number of H-pyrrole nitrogens is 1. The van der Waals surface area contributed by atoms with Gasteiger partial charge in [-0.15, -0.1) is 11.8 Å². The molecule has 2 aromatic rings. The van der Waals surface area contributed by atoms with Gasteiger partial charge in [-0.3, -0.25) is 4.79 Å². The van der Waals surface area contributed by atoms with Gasteiger partial charge >= 0.3 is 5.97 Å². The third kappa shape index (κ3) is 1.59. The number of nitrogens with one attached hydrogen (secondary N) is 1. The van der Waals surface area contributed by atoms with Crippen LogP contribution in [-0.2, 0) is 0 Å². The second-order valence-electron chi connectivity index (χ2n) is 3.22. The first-order valence-corrected chi connectivity index (χ1v) is 5.79. The highest BCUT2D eigenvalue weighted by molar-refractivity contribution is 7.98. The van der Waals surface area contributed by atoms with Gasteiger partial charge in [-0.05, 0) is 18.4 Å². The molecule has 1 aromatic heterocycles. The van der Waals surface area contributed by atoms with Crippen LogP contribution in [0.1, 0.15) is 10.4 Å². The molecule has 2 rings (SSSR count). The Morgan fingerprint density at radius 1 is 1.44 bits per heavy atom. The van der Waals surface area contributed by atoms with E-state index in [4.69, 9.17) is 5.11 Å². The number of carboxylic acids is 1. The van der Waals surface area contributed by atoms with E-state index in [1.165, 1.54) is 18.0 Å². The average molecular weight is 235 g/mol. The number of benzene rings is 1. The van der Waals surface area contributed by atoms with E-state index >= 15 is 0 Å². The Hall–Kier alpha value is -1.75. The molecule has 1 aromatic carbocycles. The standard InChI is InChI=1S/C11H9NO3S/c1-16-8-4-2-3-6-9(8)12-5-7(10(6)13)11(14)15/h2-5H,1H3,(H,12,13)(H,14,15). The molecule has 16 heavy (non-hydrogen) atoms. The van der Waals surface area contributed by atoms with Gasteiger partial charge in [0.2, 0.25) is 5.43 Å². The number of para-hydroxylation sites is 1. The molecule has 0 atom stereocenters. The van der Waals surface area contributed by atoms with Gasteiger partial charge < -0.3 is 10.1 Å². The summed E-state index contributed by atoms with van der Waals surface area (Å²) in [6.45, 7) is 0. The number of aromatic nitrogens is 1. The molecule has 0 unspecified atom stereocenters. The van der Waals surface area contributed by atoms with Gasteiger partial charge in [0.15, 0.2) is 0 Å². The van der Waals surface area contributed by atoms with Gasteiger partial charge in [0.25, 0.3) is 0 Å². The number of aromatic carboxylic acids is 1. The van der Waals surface area contributed by atoms with Crippen LogP contribution >= 0.6 is 11.8 Å². The average Bonchev–Trinajstić information content (AvgIpc) is 2.28. The third-order valence-electron chi connectivity index (χ3n) is 2.33. The highest BCUT2D eigenvalue weighted by atomic mass is 32.2. The summed E-state index contributed by atoms with van der Waals surface area (Å²) in [4.78, 5) is 26.4. The van der Waals surface area contributed by atoms with Crippen molar-refractivity contribution in [2.75, 3.05) is 6.26 Å². The molecule has 0 aliphatic rings. The van der Waals surface area contributed by atoms with Crippen LogP contribution in [0, 0.1) is 0 Å². The summed E-state index contributed by atoms with van der Waals surface area (Å²) in [7, 11) is 0. The second kappa shape index (κ2) is 4.02. The van der Waals surface area contributed by atoms with Crippen molar-refractivity contribution in [1.82, 2.24) is 4.98 Å². The Bertz CT molecular complexity index is 618. The fraction of sp³-hybridized carbons (Fsp3) is 0.0909. The van der Waals surface area contributed by atoms with Gasteiger partial charge in [-0.25, -0.2) is 4.79 Å². The maximum absolute atomic E-state index is 11.8. The fourth-order valence-corrected chi connectivity index (χ4v) is 2.14. The number of rotatable bonds is 2. The molecular weight excluding hydrogens is 226 g/mol. The maximum atomic E-state index is 11.8. The van der Waals surface area contributed by atoms with Crippen molar-refractivity contribution in [2.45, 2.75) is 4.90 Å². The number of carboxylic acid groups (broad SMARTS) is 1. The topological polar surface area (TPSA) is 70.2 Å². The smallest absolute Gasteiger partial charge is 0.341 e. The zero-order chi connectivity index (χ0) is 11.7. The highest BCUT2D eigenvalue weighted by Crippen LogP contribution is 2.22. The highest BCUT2D eigenvalue weighted by Gasteiger charge is 2.12. The van der Waals surface area contributed by atoms with Crippen LogP contribution in [-0.4, -0.2) is 22.3 Å². The molecule has 5 heteroatoms. The minimum Gasteiger partial charge on any atom is -0.477 e. The van der Waals surface area contributed by atoms with Crippen molar-refractivity contribution in [2.24, 2.45) is 0 Å². The lowest BCUT2D eigenvalue weighted by Gasteiger charge is -2.03. The molecule has 0 saturated heterocycles. The van der Waals surface area contributed by atoms with Crippen LogP contribution in [0.15, 0.2) is 34.1 Å². The lowest BCUT2D eigenvalue weighted by Crippen LogP contribution is -2.15. The molecule has 2 N–H and O–H groups in total. The molecule has 0 saturated carbocycles. The van der Waals surface area contributed by atoms with Gasteiger partial charge in [-0.2, -0.15) is 0 Å². The van der Waals surface area contributed by atoms with Crippen LogP contribution in [0.2, 0.25) is 0 Å². The first kappa shape index (κ1) is 10.8. The molecular formula is C11H9NO3S. The number of hydrogen-bond donors (Lipinski definition) is 2. The number of hydrogen-bond acceptors (Lipinski definition) is 3. The second-order valence-corrected chi connectivity index (χ2v) is 4.07. The van der Waals surface area contributed by atoms with Crippen LogP contribution in [0.4, 0.5) is 0 Å². The van der Waals surface area contributed by atoms with Crippen LogP contribution < -0.4 is 5.43 Å². The van der Waals surface area contributed by atoms with Gasteiger partial charge in [-0.1, -0.05) is 6.07 Å². The summed E-state index contributed by atoms with van der Waals surface area (Å²) in [6, 6.07) is 5.25. The SMILES string of the molecule is CSc1cccc2c(=O)c(C(=O)O)c[nH]c12. The van der Waals surface area contributed by atoms with Gasteiger partial charge in [0.05, 0.1) is 5.52 Å². The Balaban J connectivity index is 2.87. The quantitative estimate of drug-likeness (QED) is 0.780. The fourth-order valence-electron chi connectivity index (χ4n) is 1.55. The molecule has 1 heterocycles. The predicted molar refractivity (Wildman–Crippen MR) is 63.3 cm³/mol. The molecule has 0 bridgehead atoms. The number of carbonyl (C=O) groups is 1. The van der Waals surface area contributed by atoms with E-state index in [1.807, 2.05) is 12.3 Å². The number of aromatic amines is 1. The van der Waals surface area contributed by atoms with Gasteiger partial charge in [0.1, 0.15) is 5.56 Å². The summed E-state index contributed by atoms with van der Waals surface area (Å²) in [5.74, 6) is -1.21. The molecule has 0 amide bonds. The van der Waals surface area contributed by atoms with Crippen molar-refractivity contribution in [3.8, 4) is 0 Å². The summed E-state index contributed by atoms with van der Waals surface area (Å²) in [5, 5.41) is 9.24. The van der Waals surface area contributed by atoms with Crippen molar-refractivity contribution in [3.63, 3.8) is 0 Å². The number of thioether (sulfide) groups is 1. The normalized spacial score (nSPS) is 10.6. The Kier molecular flexibility index (Phi) is 2.70. The van der Waals surface area contributed by atoms with Gasteiger partial charge in [0, 0.05) is 16.5 Å². The molecule has 82 valence electrons. The molecule has 4 nitrogen and oxygen atoms in total. The largest absolute Gasteiger partial charge is 0.477 e. The lowest BCUT2D eigenvalue weighted by molar-refractivity contribution is 0.0695. The Labute approximate surface area is 95.3 Å². The lowest BCUT2D eigenvalue weighted by atomic mass is 10.1. The van der Waals surface area contributed by atoms with Crippen LogP contribution in [0.3, 0.4) is 0 Å². The molecule has 0 aliphatic heterocycles. The van der Waals surface area contributed by atoms with E-state index < -0.39 is 11.4 Å². The molecule has 0 spiro atoms. The first-order chi connectivity index (χ1) is 7.65. The minimum absolute atomic E-state index is 0.231. The summed E-state index contributed by atoms with van der Waals surface area (Å²) in [6.07, 6.45) is 3.14. The maximum Gasteiger partial charge on any atom is 0.341 e. The summed E-state index contributed by atoms with van der Waals surface area (Å²) in [5.41, 5.74) is 0.00732. The molecule has 0 fully saturated rings. The summed E-state index contributed by atoms with van der Waals surface area (Å²) < 4.78 is 0. The minimum atomic E-state index is -1.21. The van der Waals surface area contributed by atoms with E-state index in [0.717, 1.165) is 4.90 Å². The van der Waals surface area contributed by atoms with E-state index in [0.29, 0.717) is 10.9 Å². The van der Waals surface area contributed by atoms with Crippen LogP contribution in [0.25, 0.3) is 10.9 Å². The zero-order valence-electron chi connectivity index (χ0n) is 8.48. The number of pyridine rings is 1. The summed E-state index contributed by atoms with van der Waals surface area (Å²) >= 11 is 1.50. The van der Waals surface area contributed by atoms with Crippen molar-refractivity contribution in [3.05, 3.63) is 40.2 Å². The van der Waals surface area contributed by atoms with E-state index in [9.17, 15) is 9.59 Å². The third-order valence-corrected chi connectivity index (χ3v) is 3.11. The monoisotopic (exact) mass is 235 g/mol. The van der Waals surface area contributed by atoms with Crippen molar-refractivity contribution in [1.29, 1.82) is 0 Å². The Morgan fingerprint density at radius 2 is 2.19 bits per heavy atom. The van der Waals surface area contributed by atoms with Crippen molar-refractivity contribution < 1.29 is 9.90 Å². The molecule has 0 radical (unpaired) electrons. The molecule has 0 aliphatic carbocycles. The Morgan fingerprint density at radius 3 is 2.81 bits per heavy atom. The van der Waals surface area contributed by atoms with E-state index in [2.05, 4.69) is 4.98 Å². The number of fused-ring (bicyclic) bond motifs is 1.